The van der Waals surface area contributed by atoms with E-state index in [1.165, 1.54) is 7.11 Å². The maximum absolute atomic E-state index is 14.0. The van der Waals surface area contributed by atoms with Gasteiger partial charge in [0, 0.05) is 31.5 Å². The van der Waals surface area contributed by atoms with Gasteiger partial charge in [0.05, 0.1) is 18.2 Å². The maximum Gasteiger partial charge on any atom is 0.421 e. The SMILES string of the molecule is COc1cc(C2CCN(C(=O)OC(C)(C)C)CC2)ccc1Nc1ncc(C(F)(F)F)c(NCc2cccc3c2C(C)(C)C(=O)N3)n1. The predicted molar refractivity (Wildman–Crippen MR) is 169 cm³/mol. The Hall–Kier alpha value is -4.55. The molecule has 0 unspecified atom stereocenters. The largest absolute Gasteiger partial charge is 0.495 e. The molecule has 2 amide bonds. The van der Waals surface area contributed by atoms with E-state index in [2.05, 4.69) is 25.9 Å². The molecule has 3 N–H and O–H groups in total. The van der Waals surface area contributed by atoms with Crippen molar-refractivity contribution in [2.75, 3.05) is 36.1 Å². The Kier molecular flexibility index (Phi) is 8.80. The summed E-state index contributed by atoms with van der Waals surface area (Å²) >= 11 is 0. The fourth-order valence-electron chi connectivity index (χ4n) is 5.85. The van der Waals surface area contributed by atoms with Gasteiger partial charge in [0.2, 0.25) is 11.9 Å². The van der Waals surface area contributed by atoms with E-state index < -0.39 is 28.6 Å². The Balaban J connectivity index is 1.32. The van der Waals surface area contributed by atoms with Crippen LogP contribution in [0.4, 0.5) is 41.1 Å². The third-order valence-corrected chi connectivity index (χ3v) is 8.22. The second-order valence-corrected chi connectivity index (χ2v) is 13.1. The minimum Gasteiger partial charge on any atom is -0.495 e. The molecule has 0 aliphatic carbocycles. The Morgan fingerprint density at radius 1 is 1.13 bits per heavy atom. The highest BCUT2D eigenvalue weighted by Gasteiger charge is 2.40. The van der Waals surface area contributed by atoms with E-state index in [4.69, 9.17) is 9.47 Å². The molecule has 2 aliphatic rings. The van der Waals surface area contributed by atoms with Crippen molar-refractivity contribution in [3.05, 3.63) is 64.8 Å². The zero-order valence-corrected chi connectivity index (χ0v) is 26.8. The fourth-order valence-corrected chi connectivity index (χ4v) is 5.85. The number of anilines is 4. The predicted octanol–water partition coefficient (Wildman–Crippen LogP) is 7.20. The minimum absolute atomic E-state index is 0.00581. The maximum atomic E-state index is 14.0. The van der Waals surface area contributed by atoms with E-state index in [0.717, 1.165) is 30.2 Å². The highest BCUT2D eigenvalue weighted by atomic mass is 19.4. The molecular weight excluding hydrogens is 601 g/mol. The molecule has 10 nitrogen and oxygen atoms in total. The molecule has 1 aromatic heterocycles. The number of alkyl halides is 3. The summed E-state index contributed by atoms with van der Waals surface area (Å²) in [6.07, 6.45) is -2.79. The van der Waals surface area contributed by atoms with Gasteiger partial charge in [-0.1, -0.05) is 18.2 Å². The van der Waals surface area contributed by atoms with Crippen LogP contribution in [0.5, 0.6) is 5.75 Å². The Morgan fingerprint density at radius 2 is 1.85 bits per heavy atom. The summed E-state index contributed by atoms with van der Waals surface area (Å²) < 4.78 is 53.0. The van der Waals surface area contributed by atoms with Crippen LogP contribution in [0.3, 0.4) is 0 Å². The summed E-state index contributed by atoms with van der Waals surface area (Å²) in [5.41, 5.74) is 1.14. The molecule has 246 valence electrons. The zero-order chi connectivity index (χ0) is 33.4. The van der Waals surface area contributed by atoms with Gasteiger partial charge < -0.3 is 30.3 Å². The molecule has 0 spiro atoms. The molecule has 0 radical (unpaired) electrons. The smallest absolute Gasteiger partial charge is 0.421 e. The summed E-state index contributed by atoms with van der Waals surface area (Å²) in [5.74, 6) is 0.0392. The van der Waals surface area contributed by atoms with Crippen molar-refractivity contribution in [1.29, 1.82) is 0 Å². The van der Waals surface area contributed by atoms with Gasteiger partial charge in [0.25, 0.3) is 0 Å². The van der Waals surface area contributed by atoms with Gasteiger partial charge >= 0.3 is 12.3 Å². The third-order valence-electron chi connectivity index (χ3n) is 8.22. The molecule has 13 heteroatoms. The molecule has 3 heterocycles. The molecule has 5 rings (SSSR count). The van der Waals surface area contributed by atoms with Gasteiger partial charge in [-0.15, -0.1) is 0 Å². The standard InChI is InChI=1S/C33H39F3N6O4/c1-31(2,3)46-30(44)42-14-12-19(13-15-42)20-10-11-23(25(16-20)45-6)40-29-38-18-22(33(34,35)36)27(41-29)37-17-21-8-7-9-24-26(21)32(4,5)28(43)39-24/h7-11,16,18-19H,12-15,17H2,1-6H3,(H,39,43)(H2,37,38,40,41). The number of aromatic nitrogens is 2. The van der Waals surface area contributed by atoms with Crippen LogP contribution in [0.15, 0.2) is 42.6 Å². The summed E-state index contributed by atoms with van der Waals surface area (Å²) in [5, 5.41) is 8.66. The fraction of sp³-hybridized carbons (Fsp3) is 0.455. The molecule has 3 aromatic rings. The van der Waals surface area contributed by atoms with Crippen LogP contribution in [0, 0.1) is 0 Å². The number of halogens is 3. The van der Waals surface area contributed by atoms with Gasteiger partial charge in [0.1, 0.15) is 22.7 Å². The molecular formula is C33H39F3N6O4. The number of carbonyl (C=O) groups excluding carboxylic acids is 2. The first-order valence-corrected chi connectivity index (χ1v) is 15.1. The lowest BCUT2D eigenvalue weighted by Crippen LogP contribution is -2.41. The van der Waals surface area contributed by atoms with Crippen molar-refractivity contribution < 1.29 is 32.2 Å². The Bertz CT molecular complexity index is 1630. The van der Waals surface area contributed by atoms with E-state index in [0.29, 0.717) is 35.8 Å². The minimum atomic E-state index is -4.70. The van der Waals surface area contributed by atoms with Crippen LogP contribution in [-0.2, 0) is 27.7 Å². The van der Waals surface area contributed by atoms with Crippen LogP contribution < -0.4 is 20.7 Å². The van der Waals surface area contributed by atoms with Crippen LogP contribution in [0.1, 0.15) is 75.6 Å². The number of methoxy groups -OCH3 is 1. The highest BCUT2D eigenvalue weighted by molar-refractivity contribution is 6.06. The Morgan fingerprint density at radius 3 is 2.50 bits per heavy atom. The number of amides is 2. The molecule has 46 heavy (non-hydrogen) atoms. The highest BCUT2D eigenvalue weighted by Crippen LogP contribution is 2.41. The lowest BCUT2D eigenvalue weighted by Gasteiger charge is -2.33. The lowest BCUT2D eigenvalue weighted by atomic mass is 9.83. The number of carbonyl (C=O) groups is 2. The molecule has 0 bridgehead atoms. The lowest BCUT2D eigenvalue weighted by molar-refractivity contribution is -0.137. The van der Waals surface area contributed by atoms with Crippen LogP contribution in [0.25, 0.3) is 0 Å². The quantitative estimate of drug-likeness (QED) is 0.248. The number of rotatable bonds is 7. The summed E-state index contributed by atoms with van der Waals surface area (Å²) in [6.45, 7) is 10.2. The number of benzene rings is 2. The van der Waals surface area contributed by atoms with E-state index >= 15 is 0 Å². The summed E-state index contributed by atoms with van der Waals surface area (Å²) in [6, 6.07) is 10.9. The molecule has 1 saturated heterocycles. The number of fused-ring (bicyclic) bond motifs is 1. The number of hydrogen-bond acceptors (Lipinski definition) is 8. The Labute approximate surface area is 266 Å². The van der Waals surface area contributed by atoms with Gasteiger partial charge in [-0.05, 0) is 88.3 Å². The van der Waals surface area contributed by atoms with Gasteiger partial charge in [-0.2, -0.15) is 18.2 Å². The monoisotopic (exact) mass is 640 g/mol. The van der Waals surface area contributed by atoms with Crippen molar-refractivity contribution in [2.45, 2.75) is 77.1 Å². The van der Waals surface area contributed by atoms with Crippen LogP contribution >= 0.6 is 0 Å². The van der Waals surface area contributed by atoms with Crippen LogP contribution in [0.2, 0.25) is 0 Å². The first-order valence-electron chi connectivity index (χ1n) is 15.1. The molecule has 0 atom stereocenters. The van der Waals surface area contributed by atoms with E-state index in [1.807, 2.05) is 32.9 Å². The van der Waals surface area contributed by atoms with E-state index in [9.17, 15) is 22.8 Å². The normalized spacial score (nSPS) is 16.5. The van der Waals surface area contributed by atoms with Crippen molar-refractivity contribution in [3.8, 4) is 5.75 Å². The van der Waals surface area contributed by atoms with Gasteiger partial charge in [0.15, 0.2) is 0 Å². The number of piperidine rings is 1. The summed E-state index contributed by atoms with van der Waals surface area (Å²) in [7, 11) is 1.51. The van der Waals surface area contributed by atoms with Crippen molar-refractivity contribution in [1.82, 2.24) is 14.9 Å². The zero-order valence-electron chi connectivity index (χ0n) is 26.8. The number of ether oxygens (including phenoxy) is 2. The molecule has 0 saturated carbocycles. The number of nitrogens with zero attached hydrogens (tertiary/aromatic N) is 3. The second-order valence-electron chi connectivity index (χ2n) is 13.1. The topological polar surface area (TPSA) is 118 Å². The third kappa shape index (κ3) is 6.97. The van der Waals surface area contributed by atoms with E-state index in [-0.39, 0.29) is 30.4 Å². The van der Waals surface area contributed by atoms with Crippen LogP contribution in [-0.4, -0.2) is 52.7 Å². The average molecular weight is 641 g/mol. The van der Waals surface area contributed by atoms with Crippen molar-refractivity contribution in [2.24, 2.45) is 0 Å². The number of nitrogens with one attached hydrogen (secondary N) is 3. The number of hydrogen-bond donors (Lipinski definition) is 3. The summed E-state index contributed by atoms with van der Waals surface area (Å²) in [4.78, 5) is 34.8. The van der Waals surface area contributed by atoms with Gasteiger partial charge in [-0.25, -0.2) is 9.78 Å². The first-order chi connectivity index (χ1) is 21.6. The van der Waals surface area contributed by atoms with E-state index in [1.54, 1.807) is 43.0 Å². The van der Waals surface area contributed by atoms with Gasteiger partial charge in [-0.3, -0.25) is 4.79 Å². The van der Waals surface area contributed by atoms with Crippen molar-refractivity contribution >= 4 is 35.1 Å². The second kappa shape index (κ2) is 12.3. The first kappa shape index (κ1) is 32.8. The molecule has 2 aromatic carbocycles. The molecule has 1 fully saturated rings. The molecule has 2 aliphatic heterocycles. The van der Waals surface area contributed by atoms with Crippen molar-refractivity contribution in [3.63, 3.8) is 0 Å². The number of likely N-dealkylation sites (tertiary alicyclic amines) is 1. The average Bonchev–Trinajstić information content (AvgIpc) is 3.22.